The summed E-state index contributed by atoms with van der Waals surface area (Å²) in [6.07, 6.45) is 1.67. The van der Waals surface area contributed by atoms with Crippen LogP contribution in [0, 0.1) is 10.1 Å². The van der Waals surface area contributed by atoms with E-state index in [0.29, 0.717) is 5.69 Å². The second-order valence-electron chi connectivity index (χ2n) is 5.82. The highest BCUT2D eigenvalue weighted by molar-refractivity contribution is 9.10. The summed E-state index contributed by atoms with van der Waals surface area (Å²) in [6, 6.07) is 18.6. The van der Waals surface area contributed by atoms with Gasteiger partial charge in [-0.3, -0.25) is 19.9 Å². The van der Waals surface area contributed by atoms with E-state index in [1.54, 1.807) is 23.2 Å². The number of carbonyl (C=O) groups excluding carboxylic acids is 1. The molecule has 0 N–H and O–H groups in total. The first-order valence-corrected chi connectivity index (χ1v) is 9.15. The molecule has 0 fully saturated rings. The van der Waals surface area contributed by atoms with Gasteiger partial charge in [0.05, 0.1) is 23.2 Å². The largest absolute Gasteiger partial charge is 0.483 e. The number of hydrogen-bond donors (Lipinski definition) is 0. The van der Waals surface area contributed by atoms with Gasteiger partial charge < -0.3 is 9.64 Å². The lowest BCUT2D eigenvalue weighted by Gasteiger charge is -2.23. The van der Waals surface area contributed by atoms with Gasteiger partial charge in [-0.25, -0.2) is 0 Å². The average Bonchev–Trinajstić information content (AvgIpc) is 2.72. The van der Waals surface area contributed by atoms with Crippen molar-refractivity contribution in [2.75, 3.05) is 11.5 Å². The maximum Gasteiger partial charge on any atom is 0.273 e. The number of carbonyl (C=O) groups is 1. The second-order valence-corrected chi connectivity index (χ2v) is 6.74. The number of aromatic nitrogens is 1. The summed E-state index contributed by atoms with van der Waals surface area (Å²) in [7, 11) is 0. The van der Waals surface area contributed by atoms with E-state index in [2.05, 4.69) is 20.9 Å². The van der Waals surface area contributed by atoms with Crippen LogP contribution in [0.4, 0.5) is 11.4 Å². The number of pyridine rings is 1. The van der Waals surface area contributed by atoms with Crippen molar-refractivity contribution < 1.29 is 14.5 Å². The Hall–Kier alpha value is -3.26. The smallest absolute Gasteiger partial charge is 0.273 e. The summed E-state index contributed by atoms with van der Waals surface area (Å²) < 4.78 is 6.39. The molecule has 0 saturated heterocycles. The Bertz CT molecular complexity index is 965. The van der Waals surface area contributed by atoms with Crippen LogP contribution in [0.3, 0.4) is 0 Å². The molecule has 0 spiro atoms. The van der Waals surface area contributed by atoms with Crippen LogP contribution >= 0.6 is 15.9 Å². The Morgan fingerprint density at radius 3 is 2.57 bits per heavy atom. The quantitative estimate of drug-likeness (QED) is 0.401. The number of nitro groups is 1. The van der Waals surface area contributed by atoms with Crippen LogP contribution in [0.1, 0.15) is 5.69 Å². The normalized spacial score (nSPS) is 10.3. The summed E-state index contributed by atoms with van der Waals surface area (Å²) in [4.78, 5) is 29.1. The summed E-state index contributed by atoms with van der Waals surface area (Å²) >= 11 is 3.38. The summed E-state index contributed by atoms with van der Waals surface area (Å²) in [5.41, 5.74) is 1.33. The molecule has 0 radical (unpaired) electrons. The van der Waals surface area contributed by atoms with Crippen LogP contribution in [-0.2, 0) is 11.3 Å². The molecule has 0 aliphatic heterocycles. The molecule has 0 unspecified atom stereocenters. The first kappa shape index (κ1) is 19.5. The minimum atomic E-state index is -0.510. The minimum Gasteiger partial charge on any atom is -0.483 e. The number of hydrogen-bond acceptors (Lipinski definition) is 5. The first-order chi connectivity index (χ1) is 13.5. The van der Waals surface area contributed by atoms with Gasteiger partial charge in [-0.15, -0.1) is 0 Å². The van der Waals surface area contributed by atoms with Gasteiger partial charge >= 0.3 is 0 Å². The van der Waals surface area contributed by atoms with E-state index in [9.17, 15) is 14.9 Å². The zero-order valence-corrected chi connectivity index (χ0v) is 16.3. The maximum atomic E-state index is 12.9. The SMILES string of the molecule is O=C(COc1cccc([N+](=O)[O-])c1)N(Cc1ccccn1)c1ccc(Br)cc1. The fraction of sp³-hybridized carbons (Fsp3) is 0.100. The number of nitro benzene ring substituents is 1. The highest BCUT2D eigenvalue weighted by Gasteiger charge is 2.18. The van der Waals surface area contributed by atoms with Gasteiger partial charge in [0, 0.05) is 22.4 Å². The number of ether oxygens (including phenoxy) is 1. The van der Waals surface area contributed by atoms with Gasteiger partial charge in [0.2, 0.25) is 0 Å². The van der Waals surface area contributed by atoms with Crippen LogP contribution in [-0.4, -0.2) is 22.4 Å². The third kappa shape index (κ3) is 5.14. The van der Waals surface area contributed by atoms with Crippen molar-refractivity contribution in [3.05, 3.63) is 93.2 Å². The van der Waals surface area contributed by atoms with Crippen molar-refractivity contribution in [1.82, 2.24) is 4.98 Å². The van der Waals surface area contributed by atoms with Crippen molar-refractivity contribution in [2.45, 2.75) is 6.54 Å². The van der Waals surface area contributed by atoms with Crippen LogP contribution < -0.4 is 9.64 Å². The summed E-state index contributed by atoms with van der Waals surface area (Å²) in [5, 5.41) is 10.9. The Labute approximate surface area is 169 Å². The van der Waals surface area contributed by atoms with Crippen molar-refractivity contribution in [2.24, 2.45) is 0 Å². The maximum absolute atomic E-state index is 12.9. The molecule has 8 heteroatoms. The molecule has 7 nitrogen and oxygen atoms in total. The molecular formula is C20H16BrN3O4. The summed E-state index contributed by atoms with van der Waals surface area (Å²) in [5.74, 6) is -0.0318. The number of halogens is 1. The van der Waals surface area contributed by atoms with E-state index in [0.717, 1.165) is 10.2 Å². The number of non-ortho nitro benzene ring substituents is 1. The number of amides is 1. The van der Waals surface area contributed by atoms with E-state index in [1.807, 2.05) is 36.4 Å². The van der Waals surface area contributed by atoms with Crippen LogP contribution in [0.15, 0.2) is 77.4 Å². The molecule has 1 aromatic heterocycles. The number of nitrogens with zero attached hydrogens (tertiary/aromatic N) is 3. The Balaban J connectivity index is 1.77. The minimum absolute atomic E-state index is 0.0943. The molecule has 3 aromatic rings. The molecule has 3 rings (SSSR count). The molecule has 0 bridgehead atoms. The highest BCUT2D eigenvalue weighted by atomic mass is 79.9. The lowest BCUT2D eigenvalue weighted by Crippen LogP contribution is -2.34. The molecule has 0 atom stereocenters. The highest BCUT2D eigenvalue weighted by Crippen LogP contribution is 2.22. The van der Waals surface area contributed by atoms with Crippen LogP contribution in [0.2, 0.25) is 0 Å². The monoisotopic (exact) mass is 441 g/mol. The molecular weight excluding hydrogens is 426 g/mol. The van der Waals surface area contributed by atoms with Gasteiger partial charge in [0.1, 0.15) is 5.75 Å². The van der Waals surface area contributed by atoms with Crippen molar-refractivity contribution in [3.8, 4) is 5.75 Å². The standard InChI is InChI=1S/C20H16BrN3O4/c21-15-7-9-17(10-8-15)23(13-16-4-1-2-11-22-16)20(25)14-28-19-6-3-5-18(12-19)24(26)27/h1-12H,13-14H2. The third-order valence-electron chi connectivity index (χ3n) is 3.88. The fourth-order valence-electron chi connectivity index (χ4n) is 2.51. The lowest BCUT2D eigenvalue weighted by molar-refractivity contribution is -0.384. The molecule has 142 valence electrons. The van der Waals surface area contributed by atoms with Crippen molar-refractivity contribution >= 4 is 33.2 Å². The number of rotatable bonds is 7. The Morgan fingerprint density at radius 1 is 1.11 bits per heavy atom. The molecule has 2 aromatic carbocycles. The third-order valence-corrected chi connectivity index (χ3v) is 4.41. The zero-order valence-electron chi connectivity index (χ0n) is 14.7. The van der Waals surface area contributed by atoms with E-state index >= 15 is 0 Å². The number of benzene rings is 2. The molecule has 0 aliphatic rings. The number of anilines is 1. The van der Waals surface area contributed by atoms with Gasteiger partial charge in [-0.05, 0) is 42.5 Å². The van der Waals surface area contributed by atoms with Gasteiger partial charge in [0.15, 0.2) is 6.61 Å². The van der Waals surface area contributed by atoms with Crippen LogP contribution in [0.5, 0.6) is 5.75 Å². The Kier molecular flexibility index (Phi) is 6.33. The molecule has 28 heavy (non-hydrogen) atoms. The molecule has 1 amide bonds. The predicted octanol–water partition coefficient (Wildman–Crippen LogP) is 4.36. The van der Waals surface area contributed by atoms with E-state index in [4.69, 9.17) is 4.74 Å². The second kappa shape index (κ2) is 9.09. The average molecular weight is 442 g/mol. The first-order valence-electron chi connectivity index (χ1n) is 8.36. The predicted molar refractivity (Wildman–Crippen MR) is 108 cm³/mol. The van der Waals surface area contributed by atoms with Gasteiger partial charge in [-0.2, -0.15) is 0 Å². The van der Waals surface area contributed by atoms with Crippen molar-refractivity contribution in [3.63, 3.8) is 0 Å². The Morgan fingerprint density at radius 2 is 1.89 bits per heavy atom. The van der Waals surface area contributed by atoms with E-state index < -0.39 is 4.92 Å². The van der Waals surface area contributed by atoms with Gasteiger partial charge in [0.25, 0.3) is 11.6 Å². The molecule has 0 aliphatic carbocycles. The molecule has 1 heterocycles. The topological polar surface area (TPSA) is 85.6 Å². The van der Waals surface area contributed by atoms with Crippen molar-refractivity contribution in [1.29, 1.82) is 0 Å². The lowest BCUT2D eigenvalue weighted by atomic mass is 10.2. The van der Waals surface area contributed by atoms with E-state index in [1.165, 1.54) is 18.2 Å². The van der Waals surface area contributed by atoms with Crippen LogP contribution in [0.25, 0.3) is 0 Å². The van der Waals surface area contributed by atoms with E-state index in [-0.39, 0.29) is 30.5 Å². The molecule has 0 saturated carbocycles. The summed E-state index contributed by atoms with van der Waals surface area (Å²) in [6.45, 7) is 0.0175. The fourth-order valence-corrected chi connectivity index (χ4v) is 2.77. The zero-order chi connectivity index (χ0) is 19.9. The van der Waals surface area contributed by atoms with Gasteiger partial charge in [-0.1, -0.05) is 28.1 Å².